The molecule has 70 valence electrons. The average Bonchev–Trinajstić information content (AvgIpc) is 2.07. The van der Waals surface area contributed by atoms with Gasteiger partial charge >= 0.3 is 0 Å². The summed E-state index contributed by atoms with van der Waals surface area (Å²) in [6, 6.07) is 4.67. The van der Waals surface area contributed by atoms with E-state index in [1.54, 1.807) is 12.1 Å². The van der Waals surface area contributed by atoms with Crippen LogP contribution in [0.15, 0.2) is 18.2 Å². The van der Waals surface area contributed by atoms with Crippen LogP contribution in [0, 0.1) is 10.1 Å². The Morgan fingerprint density at radius 2 is 2.31 bits per heavy atom. The number of para-hydroxylation sites is 1. The van der Waals surface area contributed by atoms with Gasteiger partial charge in [0, 0.05) is 5.56 Å². The van der Waals surface area contributed by atoms with Crippen molar-refractivity contribution in [2.75, 3.05) is 0 Å². The second kappa shape index (κ2) is 3.95. The summed E-state index contributed by atoms with van der Waals surface area (Å²) >= 11 is 5.58. The van der Waals surface area contributed by atoms with Gasteiger partial charge in [-0.15, -0.1) is 5.43 Å². The van der Waals surface area contributed by atoms with Crippen molar-refractivity contribution in [3.05, 3.63) is 38.9 Å². The van der Waals surface area contributed by atoms with E-state index in [2.05, 4.69) is 0 Å². The number of hydrazine groups is 1. The molecule has 2 N–H and O–H groups in total. The number of nitrogens with zero attached hydrogens (tertiary/aromatic N) is 1. The Labute approximate surface area is 79.1 Å². The molecule has 0 spiro atoms. The van der Waals surface area contributed by atoms with E-state index in [4.69, 9.17) is 11.6 Å². The van der Waals surface area contributed by atoms with E-state index >= 15 is 0 Å². The first-order valence-electron chi connectivity index (χ1n) is 3.45. The topological polar surface area (TPSA) is 75.4 Å². The molecule has 0 atom stereocenters. The summed E-state index contributed by atoms with van der Waals surface area (Å²) in [7, 11) is 0. The highest BCUT2D eigenvalue weighted by Crippen LogP contribution is 2.26. The smallest absolute Gasteiger partial charge is 0.157 e. The third kappa shape index (κ3) is 2.48. The lowest BCUT2D eigenvalue weighted by Gasteiger charge is -2.03. The number of halogens is 1. The first kappa shape index (κ1) is 9.60. The number of hydrogen-bond acceptors (Lipinski definition) is 3. The summed E-state index contributed by atoms with van der Waals surface area (Å²) in [4.78, 5) is 9.95. The highest BCUT2D eigenvalue weighted by molar-refractivity contribution is 6.32. The van der Waals surface area contributed by atoms with Crippen LogP contribution in [0.2, 0.25) is 5.02 Å². The molecule has 0 aliphatic heterocycles. The minimum Gasteiger partial charge on any atom is -0.506 e. The molecule has 0 saturated carbocycles. The molecule has 6 heteroatoms. The molecule has 5 nitrogen and oxygen atoms in total. The molecule has 0 aliphatic rings. The summed E-state index contributed by atoms with van der Waals surface area (Å²) < 4.78 is 0. The Morgan fingerprint density at radius 1 is 1.62 bits per heavy atom. The van der Waals surface area contributed by atoms with Crippen molar-refractivity contribution in [3.8, 4) is 5.75 Å². The molecular formula is C7H7ClN2O3. The number of benzene rings is 1. The average molecular weight is 203 g/mol. The number of phenolic OH excluding ortho intramolecular Hbond substituents is 1. The molecule has 0 amide bonds. The molecule has 0 saturated heterocycles. The molecule has 1 aromatic rings. The van der Waals surface area contributed by atoms with E-state index in [0.717, 1.165) is 0 Å². The zero-order chi connectivity index (χ0) is 9.84. The zero-order valence-electron chi connectivity index (χ0n) is 6.53. The van der Waals surface area contributed by atoms with Crippen molar-refractivity contribution in [3.63, 3.8) is 0 Å². The maximum absolute atomic E-state index is 9.95. The molecule has 1 aromatic carbocycles. The fourth-order valence-corrected chi connectivity index (χ4v) is 1.05. The highest BCUT2D eigenvalue weighted by atomic mass is 35.5. The summed E-state index contributed by atoms with van der Waals surface area (Å²) in [5.41, 5.74) is 2.33. The van der Waals surface area contributed by atoms with Gasteiger partial charge in [0.25, 0.3) is 0 Å². The molecule has 0 unspecified atom stereocenters. The van der Waals surface area contributed by atoms with Crippen LogP contribution in [-0.2, 0) is 6.54 Å². The summed E-state index contributed by atoms with van der Waals surface area (Å²) in [5, 5.41) is 18.8. The molecule has 0 aliphatic carbocycles. The summed E-state index contributed by atoms with van der Waals surface area (Å²) in [6.45, 7) is -0.0562. The molecule has 0 heterocycles. The van der Waals surface area contributed by atoms with Gasteiger partial charge in [-0.3, -0.25) is 0 Å². The third-order valence-corrected chi connectivity index (χ3v) is 1.77. The maximum atomic E-state index is 9.95. The van der Waals surface area contributed by atoms with Crippen LogP contribution >= 0.6 is 11.6 Å². The monoisotopic (exact) mass is 202 g/mol. The van der Waals surface area contributed by atoms with Crippen LogP contribution in [0.3, 0.4) is 0 Å². The Hall–Kier alpha value is -1.49. The van der Waals surface area contributed by atoms with Crippen LogP contribution in [0.25, 0.3) is 0 Å². The molecule has 0 fully saturated rings. The second-order valence-electron chi connectivity index (χ2n) is 2.34. The number of aromatic hydroxyl groups is 1. The molecule has 0 radical (unpaired) electrons. The third-order valence-electron chi connectivity index (χ3n) is 1.47. The molecule has 1 rings (SSSR count). The van der Waals surface area contributed by atoms with Gasteiger partial charge < -0.3 is 5.11 Å². The van der Waals surface area contributed by atoms with E-state index in [1.165, 1.54) is 6.07 Å². The lowest BCUT2D eigenvalue weighted by molar-refractivity contribution is -0.546. The van der Waals surface area contributed by atoms with Gasteiger partial charge in [-0.25, -0.2) is 10.1 Å². The van der Waals surface area contributed by atoms with E-state index in [1.807, 2.05) is 5.43 Å². The van der Waals surface area contributed by atoms with Gasteiger partial charge in [0.15, 0.2) is 5.03 Å². The minimum atomic E-state index is -0.680. The van der Waals surface area contributed by atoms with E-state index in [9.17, 15) is 15.2 Å². The Morgan fingerprint density at radius 3 is 2.92 bits per heavy atom. The largest absolute Gasteiger partial charge is 0.506 e. The van der Waals surface area contributed by atoms with Gasteiger partial charge in [0.05, 0.1) is 5.02 Å². The molecule has 0 aromatic heterocycles. The van der Waals surface area contributed by atoms with Gasteiger partial charge in [-0.2, -0.15) is 0 Å². The summed E-state index contributed by atoms with van der Waals surface area (Å²) in [5.74, 6) is -0.126. The predicted octanol–water partition coefficient (Wildman–Crippen LogP) is 1.33. The number of phenols is 1. The highest BCUT2D eigenvalue weighted by Gasteiger charge is 2.06. The van der Waals surface area contributed by atoms with Crippen molar-refractivity contribution >= 4 is 11.6 Å². The first-order chi connectivity index (χ1) is 6.11. The fraction of sp³-hybridized carbons (Fsp3) is 0.143. The maximum Gasteiger partial charge on any atom is 0.157 e. The second-order valence-corrected chi connectivity index (χ2v) is 2.75. The Balaban J connectivity index is 2.77. The van der Waals surface area contributed by atoms with Gasteiger partial charge in [0.1, 0.15) is 12.3 Å². The fourth-order valence-electron chi connectivity index (χ4n) is 0.852. The van der Waals surface area contributed by atoms with Crippen LogP contribution < -0.4 is 5.43 Å². The summed E-state index contributed by atoms with van der Waals surface area (Å²) in [6.07, 6.45) is 0. The SMILES string of the molecule is O=[N+]([O-])NCc1cccc(Cl)c1O. The van der Waals surface area contributed by atoms with Crippen molar-refractivity contribution in [2.24, 2.45) is 0 Å². The van der Waals surface area contributed by atoms with Crippen LogP contribution in [0.1, 0.15) is 5.56 Å². The quantitative estimate of drug-likeness (QED) is 0.573. The molecule has 13 heavy (non-hydrogen) atoms. The van der Waals surface area contributed by atoms with Crippen LogP contribution in [-0.4, -0.2) is 10.1 Å². The lowest BCUT2D eigenvalue weighted by atomic mass is 10.2. The van der Waals surface area contributed by atoms with Crippen molar-refractivity contribution in [2.45, 2.75) is 6.54 Å². The van der Waals surface area contributed by atoms with E-state index < -0.39 is 5.03 Å². The minimum absolute atomic E-state index is 0.0562. The lowest BCUT2D eigenvalue weighted by Crippen LogP contribution is -2.20. The zero-order valence-corrected chi connectivity index (χ0v) is 7.28. The van der Waals surface area contributed by atoms with Gasteiger partial charge in [-0.1, -0.05) is 23.7 Å². The standard InChI is InChI=1S/C7H7ClN2O3/c8-6-3-1-2-5(7(6)11)4-9-10(12)13/h1-3,9,11H,4H2. The first-order valence-corrected chi connectivity index (χ1v) is 3.83. The van der Waals surface area contributed by atoms with Gasteiger partial charge in [0.2, 0.25) is 0 Å². The Bertz CT molecular complexity index is 330. The van der Waals surface area contributed by atoms with Crippen molar-refractivity contribution in [1.29, 1.82) is 0 Å². The Kier molecular flexibility index (Phi) is 2.92. The van der Waals surface area contributed by atoms with E-state index in [0.29, 0.717) is 5.56 Å². The van der Waals surface area contributed by atoms with Gasteiger partial charge in [-0.05, 0) is 6.07 Å². The van der Waals surface area contributed by atoms with Crippen molar-refractivity contribution in [1.82, 2.24) is 5.43 Å². The van der Waals surface area contributed by atoms with Crippen LogP contribution in [0.5, 0.6) is 5.75 Å². The number of hydrogen-bond donors (Lipinski definition) is 2. The number of nitrogens with one attached hydrogen (secondary N) is 1. The van der Waals surface area contributed by atoms with Crippen molar-refractivity contribution < 1.29 is 10.1 Å². The van der Waals surface area contributed by atoms with E-state index in [-0.39, 0.29) is 17.3 Å². The van der Waals surface area contributed by atoms with Crippen LogP contribution in [0.4, 0.5) is 0 Å². The molecule has 0 bridgehead atoms. The molecular weight excluding hydrogens is 196 g/mol. The number of rotatable bonds is 3. The number of nitro groups is 1. The predicted molar refractivity (Wildman–Crippen MR) is 47.0 cm³/mol. The normalized spacial score (nSPS) is 9.62.